The van der Waals surface area contributed by atoms with Crippen LogP contribution in [0, 0.1) is 11.6 Å². The van der Waals surface area contributed by atoms with Crippen LogP contribution in [0.4, 0.5) is 13.6 Å². The number of rotatable bonds is 8. The van der Waals surface area contributed by atoms with Crippen LogP contribution in [-0.4, -0.2) is 79.8 Å². The molecule has 0 aliphatic carbocycles. The van der Waals surface area contributed by atoms with Gasteiger partial charge in [-0.2, -0.15) is 4.31 Å². The highest BCUT2D eigenvalue weighted by molar-refractivity contribution is 7.89. The molecule has 2 aromatic carbocycles. The average molecular weight is 542 g/mol. The predicted octanol–water partition coefficient (Wildman–Crippen LogP) is 2.25. The molecule has 1 unspecified atom stereocenters. The molecule has 11 nitrogen and oxygen atoms in total. The SMILES string of the molecule is COCCOC(=O)N1C[C@@H]2CCC(C(=O)NO)(C1)N2S(=O)(=O)c1ccc(Oc2ccc(F)cc2)c(F)c1. The van der Waals surface area contributed by atoms with Crippen molar-refractivity contribution in [3.63, 3.8) is 0 Å². The number of carbonyl (C=O) groups excluding carboxylic acids is 2. The minimum Gasteiger partial charge on any atom is -0.454 e. The molecular formula is C23H25F2N3O8S. The van der Waals surface area contributed by atoms with Crippen LogP contribution in [0.25, 0.3) is 0 Å². The molecule has 2 aliphatic rings. The molecule has 2 saturated heterocycles. The number of methoxy groups -OCH3 is 1. The molecular weight excluding hydrogens is 516 g/mol. The topological polar surface area (TPSA) is 135 Å². The van der Waals surface area contributed by atoms with Crippen LogP contribution in [0.3, 0.4) is 0 Å². The summed E-state index contributed by atoms with van der Waals surface area (Å²) in [7, 11) is -3.05. The van der Waals surface area contributed by atoms with E-state index >= 15 is 0 Å². The maximum Gasteiger partial charge on any atom is 0.409 e. The van der Waals surface area contributed by atoms with Gasteiger partial charge in [-0.1, -0.05) is 0 Å². The molecule has 2 heterocycles. The second-order valence-corrected chi connectivity index (χ2v) is 10.4. The Morgan fingerprint density at radius 3 is 2.54 bits per heavy atom. The molecule has 2 amide bonds. The Bertz CT molecular complexity index is 1280. The van der Waals surface area contributed by atoms with E-state index in [1.54, 1.807) is 0 Å². The highest BCUT2D eigenvalue weighted by Gasteiger charge is 2.61. The summed E-state index contributed by atoms with van der Waals surface area (Å²) in [5.74, 6) is -2.68. The summed E-state index contributed by atoms with van der Waals surface area (Å²) in [4.78, 5) is 26.1. The van der Waals surface area contributed by atoms with E-state index in [2.05, 4.69) is 0 Å². The summed E-state index contributed by atoms with van der Waals surface area (Å²) in [5, 5.41) is 9.42. The van der Waals surface area contributed by atoms with Crippen molar-refractivity contribution >= 4 is 22.0 Å². The Labute approximate surface area is 211 Å². The summed E-state index contributed by atoms with van der Waals surface area (Å²) in [6.07, 6.45) is -0.535. The zero-order valence-corrected chi connectivity index (χ0v) is 20.5. The van der Waals surface area contributed by atoms with Gasteiger partial charge in [-0.25, -0.2) is 27.5 Å². The van der Waals surface area contributed by atoms with E-state index in [0.717, 1.165) is 34.6 Å². The van der Waals surface area contributed by atoms with Crippen LogP contribution in [0.5, 0.6) is 11.5 Å². The Morgan fingerprint density at radius 2 is 1.89 bits per heavy atom. The Balaban J connectivity index is 1.62. The third kappa shape index (κ3) is 5.09. The van der Waals surface area contributed by atoms with E-state index in [9.17, 15) is 32.0 Å². The van der Waals surface area contributed by atoms with Crippen LogP contribution in [0.2, 0.25) is 0 Å². The minimum absolute atomic E-state index is 0.0133. The van der Waals surface area contributed by atoms with Crippen molar-refractivity contribution in [2.24, 2.45) is 0 Å². The first-order valence-electron chi connectivity index (χ1n) is 11.2. The summed E-state index contributed by atoms with van der Waals surface area (Å²) in [6.45, 7) is -0.337. The number of nitrogens with zero attached hydrogens (tertiary/aromatic N) is 2. The average Bonchev–Trinajstić information content (AvgIpc) is 3.14. The monoisotopic (exact) mass is 541 g/mol. The molecule has 2 fully saturated rings. The minimum atomic E-state index is -4.48. The first-order valence-corrected chi connectivity index (χ1v) is 12.7. The lowest BCUT2D eigenvalue weighted by molar-refractivity contribution is -0.141. The van der Waals surface area contributed by atoms with Crippen LogP contribution < -0.4 is 10.2 Å². The van der Waals surface area contributed by atoms with E-state index in [4.69, 9.17) is 14.2 Å². The number of nitrogens with one attached hydrogen (secondary N) is 1. The molecule has 4 rings (SSSR count). The van der Waals surface area contributed by atoms with Gasteiger partial charge in [0, 0.05) is 19.7 Å². The fourth-order valence-corrected chi connectivity index (χ4v) is 6.63. The fraction of sp³-hybridized carbons (Fsp3) is 0.391. The maximum absolute atomic E-state index is 14.9. The number of sulfonamides is 1. The van der Waals surface area contributed by atoms with Crippen LogP contribution in [0.15, 0.2) is 47.4 Å². The zero-order valence-electron chi connectivity index (χ0n) is 19.7. The van der Waals surface area contributed by atoms with Gasteiger partial charge in [0.05, 0.1) is 18.0 Å². The molecule has 2 atom stereocenters. The standard InChI is InChI=1S/C23H25F2N3O8S/c1-34-10-11-35-22(30)27-13-16-8-9-23(14-27,21(29)26-31)28(16)37(32,33)18-6-7-20(19(25)12-18)36-17-4-2-15(24)3-5-17/h2-7,12,16,31H,8-11,13-14H2,1H3,(H,26,29)/t16-,23?/m0/s1. The number of piperazine rings is 1. The first kappa shape index (κ1) is 26.7. The highest BCUT2D eigenvalue weighted by atomic mass is 32.2. The van der Waals surface area contributed by atoms with E-state index < -0.39 is 50.1 Å². The number of carbonyl (C=O) groups is 2. The van der Waals surface area contributed by atoms with E-state index in [1.165, 1.54) is 29.6 Å². The number of hydrogen-bond acceptors (Lipinski definition) is 8. The summed E-state index contributed by atoms with van der Waals surface area (Å²) in [6, 6.07) is 6.97. The third-order valence-electron chi connectivity index (χ3n) is 6.33. The summed E-state index contributed by atoms with van der Waals surface area (Å²) < 4.78 is 71.6. The molecule has 2 aliphatic heterocycles. The van der Waals surface area contributed by atoms with Crippen molar-refractivity contribution in [3.8, 4) is 11.5 Å². The molecule has 0 saturated carbocycles. The zero-order chi connectivity index (χ0) is 26.8. The van der Waals surface area contributed by atoms with Gasteiger partial charge in [0.25, 0.3) is 5.91 Å². The molecule has 37 heavy (non-hydrogen) atoms. The smallest absolute Gasteiger partial charge is 0.409 e. The van der Waals surface area contributed by atoms with Crippen molar-refractivity contribution in [1.82, 2.24) is 14.7 Å². The molecule has 14 heteroatoms. The Hall–Kier alpha value is -3.33. The molecule has 2 N–H and O–H groups in total. The van der Waals surface area contributed by atoms with Crippen LogP contribution in [-0.2, 0) is 24.3 Å². The number of fused-ring (bicyclic) bond motifs is 2. The van der Waals surface area contributed by atoms with E-state index in [-0.39, 0.29) is 50.6 Å². The molecule has 0 aromatic heterocycles. The largest absolute Gasteiger partial charge is 0.454 e. The van der Waals surface area contributed by atoms with Gasteiger partial charge in [-0.05, 0) is 55.3 Å². The lowest BCUT2D eigenvalue weighted by Crippen LogP contribution is -2.69. The second kappa shape index (κ2) is 10.6. The molecule has 0 spiro atoms. The van der Waals surface area contributed by atoms with Gasteiger partial charge < -0.3 is 19.1 Å². The molecule has 2 bridgehead atoms. The summed E-state index contributed by atoms with van der Waals surface area (Å²) >= 11 is 0. The van der Waals surface area contributed by atoms with Gasteiger partial charge in [0.15, 0.2) is 11.6 Å². The lowest BCUT2D eigenvalue weighted by Gasteiger charge is -2.45. The number of benzene rings is 2. The van der Waals surface area contributed by atoms with Crippen LogP contribution in [0.1, 0.15) is 12.8 Å². The number of amides is 2. The second-order valence-electron chi connectivity index (χ2n) is 8.60. The first-order chi connectivity index (χ1) is 17.6. The van der Waals surface area contributed by atoms with Gasteiger partial charge in [-0.3, -0.25) is 10.0 Å². The van der Waals surface area contributed by atoms with Crippen molar-refractivity contribution in [1.29, 1.82) is 0 Å². The van der Waals surface area contributed by atoms with E-state index in [0.29, 0.717) is 0 Å². The van der Waals surface area contributed by atoms with Gasteiger partial charge in [-0.15, -0.1) is 0 Å². The van der Waals surface area contributed by atoms with Crippen molar-refractivity contribution in [2.45, 2.75) is 29.3 Å². The quantitative estimate of drug-likeness (QED) is 0.295. The number of halogens is 2. The number of hydroxylamine groups is 1. The van der Waals surface area contributed by atoms with Gasteiger partial charge in [0.1, 0.15) is 23.7 Å². The van der Waals surface area contributed by atoms with Crippen molar-refractivity contribution in [3.05, 3.63) is 54.1 Å². The van der Waals surface area contributed by atoms with Crippen LogP contribution >= 0.6 is 0 Å². The molecule has 200 valence electrons. The lowest BCUT2D eigenvalue weighted by atomic mass is 9.96. The molecule has 0 radical (unpaired) electrons. The van der Waals surface area contributed by atoms with Crippen molar-refractivity contribution in [2.75, 3.05) is 33.4 Å². The fourth-order valence-electron chi connectivity index (χ4n) is 4.66. The third-order valence-corrected chi connectivity index (χ3v) is 8.34. The normalized spacial score (nSPS) is 21.5. The van der Waals surface area contributed by atoms with Gasteiger partial charge in [0.2, 0.25) is 10.0 Å². The van der Waals surface area contributed by atoms with Crippen molar-refractivity contribution < 1.29 is 46.2 Å². The van der Waals surface area contributed by atoms with Gasteiger partial charge >= 0.3 is 6.09 Å². The number of ether oxygens (including phenoxy) is 3. The Kier molecular flexibility index (Phi) is 7.64. The maximum atomic E-state index is 14.9. The Morgan fingerprint density at radius 1 is 1.16 bits per heavy atom. The molecule has 2 aromatic rings. The number of hydrogen-bond donors (Lipinski definition) is 2. The summed E-state index contributed by atoms with van der Waals surface area (Å²) in [5.41, 5.74) is -0.331. The number of likely N-dealkylation sites (tertiary alicyclic amines) is 1. The predicted molar refractivity (Wildman–Crippen MR) is 122 cm³/mol. The highest BCUT2D eigenvalue weighted by Crippen LogP contribution is 2.44. The van der Waals surface area contributed by atoms with E-state index in [1.807, 2.05) is 0 Å².